The maximum absolute atomic E-state index is 13.0. The predicted molar refractivity (Wildman–Crippen MR) is 108 cm³/mol. The molecule has 0 unspecified atom stereocenters. The third kappa shape index (κ3) is 4.13. The van der Waals surface area contributed by atoms with Crippen LogP contribution in [-0.2, 0) is 22.5 Å². The number of aryl methyl sites for hydroxylation is 1. The van der Waals surface area contributed by atoms with Crippen molar-refractivity contribution < 1.29 is 14.3 Å². The molecule has 0 spiro atoms. The second-order valence-corrected chi connectivity index (χ2v) is 9.07. The van der Waals surface area contributed by atoms with E-state index in [-0.39, 0.29) is 23.7 Å². The molecule has 2 aromatic rings. The molecule has 0 N–H and O–H groups in total. The summed E-state index contributed by atoms with van der Waals surface area (Å²) >= 11 is 1.61. The van der Waals surface area contributed by atoms with E-state index in [0.717, 1.165) is 33.2 Å². The lowest BCUT2D eigenvalue weighted by Gasteiger charge is -2.30. The first-order chi connectivity index (χ1) is 12.7. The second-order valence-electron chi connectivity index (χ2n) is 7.98. The van der Waals surface area contributed by atoms with E-state index >= 15 is 0 Å². The highest BCUT2D eigenvalue weighted by Crippen LogP contribution is 2.44. The fourth-order valence-corrected chi connectivity index (χ4v) is 4.78. The highest BCUT2D eigenvalue weighted by atomic mass is 32.2. The second kappa shape index (κ2) is 7.55. The summed E-state index contributed by atoms with van der Waals surface area (Å²) in [6.07, 6.45) is 1.31. The predicted octanol–water partition coefficient (Wildman–Crippen LogP) is 4.97. The van der Waals surface area contributed by atoms with Crippen molar-refractivity contribution >= 4 is 23.5 Å². The Morgan fingerprint density at radius 3 is 2.48 bits per heavy atom. The Labute approximate surface area is 165 Å². The van der Waals surface area contributed by atoms with Crippen LogP contribution < -0.4 is 0 Å². The minimum Gasteiger partial charge on any atom is -0.465 e. The number of carbonyl (C=O) groups is 2. The number of hydrogen-bond donors (Lipinski definition) is 0. The van der Waals surface area contributed by atoms with Gasteiger partial charge < -0.3 is 9.30 Å². The fraction of sp³-hybridized carbons (Fsp3) is 0.455. The van der Waals surface area contributed by atoms with Crippen molar-refractivity contribution in [3.8, 4) is 0 Å². The Kier molecular flexibility index (Phi) is 5.52. The molecular weight excluding hydrogens is 358 g/mol. The molecule has 1 aliphatic rings. The van der Waals surface area contributed by atoms with Crippen LogP contribution in [0.15, 0.2) is 34.1 Å². The number of nitrogens with zero attached hydrogens (tertiary/aromatic N) is 1. The lowest BCUT2D eigenvalue weighted by molar-refractivity contribution is -0.143. The van der Waals surface area contributed by atoms with E-state index in [1.54, 1.807) is 18.7 Å². The van der Waals surface area contributed by atoms with Crippen LogP contribution in [0.4, 0.5) is 0 Å². The number of benzene rings is 1. The number of fused-ring (bicyclic) bond motifs is 1. The normalized spacial score (nSPS) is 15.5. The molecule has 1 heterocycles. The topological polar surface area (TPSA) is 48.3 Å². The van der Waals surface area contributed by atoms with Gasteiger partial charge in [0.2, 0.25) is 0 Å². The summed E-state index contributed by atoms with van der Waals surface area (Å²) in [6, 6.07) is 8.30. The molecule has 144 valence electrons. The summed E-state index contributed by atoms with van der Waals surface area (Å²) in [5.74, 6) is -0.0947. The fourth-order valence-electron chi connectivity index (χ4n) is 3.68. The molecule has 4 nitrogen and oxygen atoms in total. The van der Waals surface area contributed by atoms with Crippen molar-refractivity contribution in [2.24, 2.45) is 5.41 Å². The van der Waals surface area contributed by atoms with E-state index in [1.165, 1.54) is 5.56 Å². The lowest BCUT2D eigenvalue weighted by Crippen LogP contribution is -2.29. The Balaban J connectivity index is 2.07. The van der Waals surface area contributed by atoms with Crippen LogP contribution in [0.3, 0.4) is 0 Å². The van der Waals surface area contributed by atoms with E-state index in [4.69, 9.17) is 4.74 Å². The number of Topliss-reactive ketones (excluding diaryl/α,β-unsaturated/α-hetero) is 1. The van der Waals surface area contributed by atoms with Crippen molar-refractivity contribution in [2.75, 3.05) is 6.61 Å². The molecule has 1 aromatic carbocycles. The van der Waals surface area contributed by atoms with Gasteiger partial charge in [-0.15, -0.1) is 0 Å². The molecule has 0 bridgehead atoms. The van der Waals surface area contributed by atoms with Crippen molar-refractivity contribution in [1.82, 2.24) is 4.57 Å². The zero-order valence-corrected chi connectivity index (χ0v) is 17.5. The average Bonchev–Trinajstić information content (AvgIpc) is 2.81. The van der Waals surface area contributed by atoms with Crippen LogP contribution in [0.1, 0.15) is 54.5 Å². The number of carbonyl (C=O) groups excluding carboxylic acids is 2. The first kappa shape index (κ1) is 19.7. The quantitative estimate of drug-likeness (QED) is 0.682. The molecule has 0 radical (unpaired) electrons. The van der Waals surface area contributed by atoms with E-state index in [1.807, 2.05) is 11.5 Å². The van der Waals surface area contributed by atoms with Crippen molar-refractivity contribution in [3.63, 3.8) is 0 Å². The van der Waals surface area contributed by atoms with Gasteiger partial charge in [-0.3, -0.25) is 9.59 Å². The van der Waals surface area contributed by atoms with Crippen LogP contribution >= 0.6 is 11.8 Å². The van der Waals surface area contributed by atoms with Gasteiger partial charge in [0.15, 0.2) is 5.78 Å². The first-order valence-corrected chi connectivity index (χ1v) is 10.2. The van der Waals surface area contributed by atoms with E-state index < -0.39 is 0 Å². The van der Waals surface area contributed by atoms with Crippen LogP contribution in [0.2, 0.25) is 0 Å². The van der Waals surface area contributed by atoms with Crippen LogP contribution in [-0.4, -0.2) is 22.9 Å². The molecule has 1 aromatic heterocycles. The third-order valence-corrected chi connectivity index (χ3v) is 6.18. The molecule has 0 atom stereocenters. The number of ether oxygens (including phenoxy) is 1. The molecule has 5 heteroatoms. The minimum atomic E-state index is -0.263. The largest absolute Gasteiger partial charge is 0.465 e. The molecule has 0 saturated carbocycles. The van der Waals surface area contributed by atoms with Gasteiger partial charge in [0.25, 0.3) is 0 Å². The van der Waals surface area contributed by atoms with Crippen LogP contribution in [0, 0.1) is 19.3 Å². The number of ketones is 1. The highest BCUT2D eigenvalue weighted by Gasteiger charge is 2.37. The lowest BCUT2D eigenvalue weighted by atomic mass is 9.76. The van der Waals surface area contributed by atoms with Gasteiger partial charge in [0, 0.05) is 27.6 Å². The first-order valence-electron chi connectivity index (χ1n) is 9.37. The Bertz CT molecular complexity index is 878. The molecule has 0 aliphatic heterocycles. The summed E-state index contributed by atoms with van der Waals surface area (Å²) in [4.78, 5) is 27.2. The highest BCUT2D eigenvalue weighted by molar-refractivity contribution is 7.99. The monoisotopic (exact) mass is 385 g/mol. The maximum Gasteiger partial charge on any atom is 0.325 e. The summed E-state index contributed by atoms with van der Waals surface area (Å²) < 4.78 is 7.15. The Morgan fingerprint density at radius 1 is 1.19 bits per heavy atom. The maximum atomic E-state index is 13.0. The summed E-state index contributed by atoms with van der Waals surface area (Å²) in [5.41, 5.74) is 3.83. The van der Waals surface area contributed by atoms with E-state index in [0.29, 0.717) is 13.0 Å². The van der Waals surface area contributed by atoms with Crippen molar-refractivity contribution in [1.29, 1.82) is 0 Å². The average molecular weight is 386 g/mol. The van der Waals surface area contributed by atoms with Crippen molar-refractivity contribution in [3.05, 3.63) is 46.8 Å². The third-order valence-electron chi connectivity index (χ3n) is 4.97. The molecule has 3 rings (SSSR count). The Hall–Kier alpha value is -2.01. The zero-order valence-electron chi connectivity index (χ0n) is 16.7. The molecule has 0 saturated heterocycles. The summed E-state index contributed by atoms with van der Waals surface area (Å²) in [6.45, 7) is 10.6. The van der Waals surface area contributed by atoms with Crippen molar-refractivity contribution in [2.45, 2.75) is 63.8 Å². The van der Waals surface area contributed by atoms with Gasteiger partial charge in [-0.25, -0.2) is 0 Å². The number of aromatic nitrogens is 1. The number of hydrogen-bond acceptors (Lipinski definition) is 4. The minimum absolute atomic E-state index is 0.104. The zero-order chi connectivity index (χ0) is 19.8. The molecule has 27 heavy (non-hydrogen) atoms. The van der Waals surface area contributed by atoms with Gasteiger partial charge >= 0.3 is 5.97 Å². The smallest absolute Gasteiger partial charge is 0.325 e. The Morgan fingerprint density at radius 2 is 1.85 bits per heavy atom. The molecular formula is C22H27NO3S. The molecule has 0 amide bonds. The van der Waals surface area contributed by atoms with Gasteiger partial charge in [-0.05, 0) is 44.7 Å². The van der Waals surface area contributed by atoms with Crippen LogP contribution in [0.5, 0.6) is 0 Å². The van der Waals surface area contributed by atoms with Gasteiger partial charge in [0.05, 0.1) is 12.2 Å². The summed E-state index contributed by atoms with van der Waals surface area (Å²) in [5, 5.41) is 0. The van der Waals surface area contributed by atoms with Gasteiger partial charge in [-0.2, -0.15) is 0 Å². The molecule has 1 aliphatic carbocycles. The van der Waals surface area contributed by atoms with E-state index in [9.17, 15) is 9.59 Å². The van der Waals surface area contributed by atoms with E-state index in [2.05, 4.69) is 45.0 Å². The molecule has 0 fully saturated rings. The number of esters is 1. The van der Waals surface area contributed by atoms with Gasteiger partial charge in [-0.1, -0.05) is 43.3 Å². The van der Waals surface area contributed by atoms with Crippen LogP contribution in [0.25, 0.3) is 0 Å². The standard InChI is InChI=1S/C22H27NO3S/c1-6-26-19(25)13-23-15(3)21(27-16-9-7-14(2)8-10-16)20-17(23)11-22(4,5)12-18(20)24/h7-10H,6,11-13H2,1-5H3. The SMILES string of the molecule is CCOC(=O)Cn1c(C)c(Sc2ccc(C)cc2)c2c1CC(C)(C)CC2=O. The van der Waals surface area contributed by atoms with Gasteiger partial charge in [0.1, 0.15) is 6.54 Å². The number of rotatable bonds is 5. The summed E-state index contributed by atoms with van der Waals surface area (Å²) in [7, 11) is 0.